The van der Waals surface area contributed by atoms with Crippen LogP contribution in [0.4, 0.5) is 11.4 Å². The van der Waals surface area contributed by atoms with Crippen molar-refractivity contribution in [1.82, 2.24) is 10.2 Å². The number of hydrogen-bond acceptors (Lipinski definition) is 8. The number of likely N-dealkylation sites (tertiary alicyclic amines) is 1. The molecule has 2 fully saturated rings. The second-order valence-electron chi connectivity index (χ2n) is 13.9. The van der Waals surface area contributed by atoms with Crippen molar-refractivity contribution < 1.29 is 33.8 Å². The van der Waals surface area contributed by atoms with Gasteiger partial charge >= 0.3 is 5.97 Å². The molecule has 2 aromatic rings. The first-order valence-electron chi connectivity index (χ1n) is 18.3. The van der Waals surface area contributed by atoms with Crippen molar-refractivity contribution >= 4 is 35.1 Å². The van der Waals surface area contributed by atoms with E-state index in [1.54, 1.807) is 17.1 Å². The molecule has 4 heterocycles. The molecule has 4 aliphatic heterocycles. The van der Waals surface area contributed by atoms with Gasteiger partial charge in [-0.1, -0.05) is 74.9 Å². The number of cyclic esters (lactones) is 1. The fourth-order valence-electron chi connectivity index (χ4n) is 8.18. The van der Waals surface area contributed by atoms with Gasteiger partial charge in [0.2, 0.25) is 11.8 Å². The van der Waals surface area contributed by atoms with E-state index in [1.807, 2.05) is 80.6 Å². The number of aliphatic hydroxyl groups is 1. The number of rotatable bonds is 9. The summed E-state index contributed by atoms with van der Waals surface area (Å²) in [7, 11) is 0. The van der Waals surface area contributed by atoms with E-state index in [0.29, 0.717) is 18.5 Å². The van der Waals surface area contributed by atoms with Crippen molar-refractivity contribution in [2.75, 3.05) is 42.6 Å². The molecule has 2 aromatic carbocycles. The van der Waals surface area contributed by atoms with Crippen molar-refractivity contribution in [3.05, 3.63) is 84.5 Å². The van der Waals surface area contributed by atoms with Crippen molar-refractivity contribution in [3.63, 3.8) is 0 Å². The minimum Gasteiger partial charge on any atom is -0.463 e. The Morgan fingerprint density at radius 3 is 2.37 bits per heavy atom. The first-order valence-corrected chi connectivity index (χ1v) is 18.3. The molecule has 0 saturated carbocycles. The van der Waals surface area contributed by atoms with Crippen LogP contribution in [0.5, 0.6) is 0 Å². The predicted octanol–water partition coefficient (Wildman–Crippen LogP) is 4.17. The molecule has 8 atom stereocenters. The van der Waals surface area contributed by atoms with Crippen molar-refractivity contribution in [2.24, 2.45) is 17.8 Å². The van der Waals surface area contributed by atoms with Crippen LogP contribution in [0, 0.1) is 17.8 Å². The lowest BCUT2D eigenvalue weighted by Gasteiger charge is -2.40. The lowest BCUT2D eigenvalue weighted by atomic mass is 9.74. The van der Waals surface area contributed by atoms with Gasteiger partial charge in [0.15, 0.2) is 0 Å². The molecule has 272 valence electrons. The number of ether oxygens (including phenoxy) is 2. The minimum absolute atomic E-state index is 0.0821. The molecule has 3 amide bonds. The number of hydrogen-bond donors (Lipinski definition) is 2. The molecule has 5 bridgehead atoms. The zero-order valence-corrected chi connectivity index (χ0v) is 29.9. The average Bonchev–Trinajstić information content (AvgIpc) is 3.80. The highest BCUT2D eigenvalue weighted by molar-refractivity contribution is 6.06. The van der Waals surface area contributed by atoms with Crippen LogP contribution in [0.25, 0.3) is 0 Å². The van der Waals surface area contributed by atoms with Crippen molar-refractivity contribution in [3.8, 4) is 0 Å². The lowest BCUT2D eigenvalue weighted by molar-refractivity contribution is -0.147. The highest BCUT2D eigenvalue weighted by Crippen LogP contribution is 2.56. The number of anilines is 2. The Hall–Kier alpha value is -4.48. The number of allylic oxidation sites excluding steroid dienone is 1. The standard InChI is InChI=1S/C40H50N4O7/c1-5-26(4)31(24-45)44-36-39(49)43(29-19-17-28(18-20-29)42(6-2)7-3)23-13-9-12-16-33(46)50-25-30(27-14-10-8-11-15-27)41-37(47)34-32-21-22-40(36,51-32)35(34)38(44)48/h8-11,13-15,17-22,26,30-32,34-36,45H,5-7,12,16,23-25H2,1-4H3,(H,41,47)/b13-9-/t26-,30+,31-,32+,34-,35-,36+,40-/m0/s1. The van der Waals surface area contributed by atoms with Gasteiger partial charge in [-0.2, -0.15) is 0 Å². The number of carbonyl (C=O) groups is 4. The van der Waals surface area contributed by atoms with E-state index >= 15 is 4.79 Å². The third-order valence-corrected chi connectivity index (χ3v) is 11.1. The van der Waals surface area contributed by atoms with E-state index < -0.39 is 59.5 Å². The summed E-state index contributed by atoms with van der Waals surface area (Å²) in [5, 5.41) is 13.8. The van der Waals surface area contributed by atoms with Crippen LogP contribution in [-0.4, -0.2) is 90.3 Å². The Kier molecular flexibility index (Phi) is 11.0. The molecule has 2 N–H and O–H groups in total. The third-order valence-electron chi connectivity index (χ3n) is 11.1. The summed E-state index contributed by atoms with van der Waals surface area (Å²) in [6.07, 6.45) is 7.70. The molecule has 51 heavy (non-hydrogen) atoms. The maximum absolute atomic E-state index is 15.2. The van der Waals surface area contributed by atoms with Gasteiger partial charge in [0, 0.05) is 37.4 Å². The van der Waals surface area contributed by atoms with Crippen LogP contribution in [0.2, 0.25) is 0 Å². The number of amides is 3. The molecule has 2 saturated heterocycles. The fraction of sp³-hybridized carbons (Fsp3) is 0.500. The number of fused-ring (bicyclic) bond motifs is 2. The number of esters is 1. The second-order valence-corrected chi connectivity index (χ2v) is 13.9. The van der Waals surface area contributed by atoms with Gasteiger partial charge in [-0.25, -0.2) is 0 Å². The number of aliphatic hydroxyl groups excluding tert-OH is 1. The third kappa shape index (κ3) is 6.69. The summed E-state index contributed by atoms with van der Waals surface area (Å²) in [5.74, 6) is -3.69. The molecule has 0 aromatic heterocycles. The maximum atomic E-state index is 15.2. The van der Waals surface area contributed by atoms with Crippen molar-refractivity contribution in [2.45, 2.75) is 76.8 Å². The molecule has 0 unspecified atom stereocenters. The van der Waals surface area contributed by atoms with Crippen LogP contribution in [0.1, 0.15) is 58.6 Å². The highest BCUT2D eigenvalue weighted by atomic mass is 16.5. The Labute approximate surface area is 300 Å². The van der Waals surface area contributed by atoms with Crippen LogP contribution in [0.3, 0.4) is 0 Å². The molecule has 6 rings (SSSR count). The number of benzene rings is 2. The monoisotopic (exact) mass is 698 g/mol. The summed E-state index contributed by atoms with van der Waals surface area (Å²) < 4.78 is 12.3. The summed E-state index contributed by atoms with van der Waals surface area (Å²) in [6, 6.07) is 14.5. The summed E-state index contributed by atoms with van der Waals surface area (Å²) in [5.41, 5.74) is 0.976. The van der Waals surface area contributed by atoms with Crippen LogP contribution in [-0.2, 0) is 28.7 Å². The molecule has 4 aliphatic rings. The van der Waals surface area contributed by atoms with Crippen LogP contribution in [0.15, 0.2) is 78.9 Å². The SMILES string of the molecule is CC[C@H](C)[C@H](CO)N1C(=O)[C@@H]2[C@H]3C(=O)N[C@@H](c4ccccc4)COC(=O)CC/C=C\CN(c4ccc(N(CC)CC)cc4)C(=O)[C@@H]1[C@]21C=C[C@H]3O1. The first-order chi connectivity index (χ1) is 24.7. The van der Waals surface area contributed by atoms with Gasteiger partial charge in [-0.3, -0.25) is 19.2 Å². The number of nitrogens with zero attached hydrogens (tertiary/aromatic N) is 3. The highest BCUT2D eigenvalue weighted by Gasteiger charge is 2.74. The predicted molar refractivity (Wildman–Crippen MR) is 194 cm³/mol. The Morgan fingerprint density at radius 2 is 1.71 bits per heavy atom. The number of carbonyl (C=O) groups excluding carboxylic acids is 4. The minimum atomic E-state index is -1.42. The van der Waals surface area contributed by atoms with Crippen LogP contribution >= 0.6 is 0 Å². The zero-order valence-electron chi connectivity index (χ0n) is 29.9. The molecule has 0 aliphatic carbocycles. The first kappa shape index (κ1) is 36.3. The van der Waals surface area contributed by atoms with Gasteiger partial charge < -0.3 is 34.6 Å². The van der Waals surface area contributed by atoms with E-state index in [-0.39, 0.29) is 38.0 Å². The molecule has 11 nitrogen and oxygen atoms in total. The molecular formula is C40H50N4O7. The maximum Gasteiger partial charge on any atom is 0.306 e. The van der Waals surface area contributed by atoms with Gasteiger partial charge in [0.05, 0.1) is 36.6 Å². The Bertz CT molecular complexity index is 1640. The van der Waals surface area contributed by atoms with Gasteiger partial charge in [0.25, 0.3) is 5.91 Å². The summed E-state index contributed by atoms with van der Waals surface area (Å²) >= 11 is 0. The second kappa shape index (κ2) is 15.4. The fourth-order valence-corrected chi connectivity index (χ4v) is 8.18. The Morgan fingerprint density at radius 1 is 0.980 bits per heavy atom. The zero-order chi connectivity index (χ0) is 36.3. The lowest BCUT2D eigenvalue weighted by Crippen LogP contribution is -2.59. The number of nitrogens with one attached hydrogen (secondary N) is 1. The molecule has 0 radical (unpaired) electrons. The molecule has 11 heteroatoms. The largest absolute Gasteiger partial charge is 0.463 e. The van der Waals surface area contributed by atoms with Crippen LogP contribution < -0.4 is 15.1 Å². The van der Waals surface area contributed by atoms with Gasteiger partial charge in [0.1, 0.15) is 18.2 Å². The van der Waals surface area contributed by atoms with E-state index in [4.69, 9.17) is 9.47 Å². The summed E-state index contributed by atoms with van der Waals surface area (Å²) in [6.45, 7) is 9.51. The summed E-state index contributed by atoms with van der Waals surface area (Å²) in [4.78, 5) is 62.6. The van der Waals surface area contributed by atoms with E-state index in [1.165, 1.54) is 4.90 Å². The quantitative estimate of drug-likeness (QED) is 0.295. The van der Waals surface area contributed by atoms with E-state index in [2.05, 4.69) is 24.1 Å². The van der Waals surface area contributed by atoms with Crippen molar-refractivity contribution in [1.29, 1.82) is 0 Å². The Balaban J connectivity index is 1.46. The normalized spacial score (nSPS) is 29.8. The van der Waals surface area contributed by atoms with Gasteiger partial charge in [-0.05, 0) is 56.0 Å². The van der Waals surface area contributed by atoms with E-state index in [0.717, 1.165) is 24.3 Å². The molecule has 1 spiro atoms. The van der Waals surface area contributed by atoms with E-state index in [9.17, 15) is 19.5 Å². The average molecular weight is 699 g/mol. The topological polar surface area (TPSA) is 129 Å². The molecular weight excluding hydrogens is 648 g/mol. The smallest absolute Gasteiger partial charge is 0.306 e. The van der Waals surface area contributed by atoms with Gasteiger partial charge in [-0.15, -0.1) is 0 Å².